The maximum absolute atomic E-state index is 12.7. The van der Waals surface area contributed by atoms with Gasteiger partial charge in [0.2, 0.25) is 0 Å². The van der Waals surface area contributed by atoms with Crippen molar-refractivity contribution in [2.45, 2.75) is 32.3 Å². The van der Waals surface area contributed by atoms with Crippen LogP contribution >= 0.6 is 0 Å². The van der Waals surface area contributed by atoms with Gasteiger partial charge < -0.3 is 14.8 Å². The molecule has 1 aliphatic rings. The Labute approximate surface area is 233 Å². The molecule has 206 valence electrons. The van der Waals surface area contributed by atoms with E-state index in [0.717, 1.165) is 47.8 Å². The number of hydrogen-bond acceptors (Lipinski definition) is 7. The van der Waals surface area contributed by atoms with E-state index in [9.17, 15) is 9.59 Å². The fourth-order valence-corrected chi connectivity index (χ4v) is 4.54. The van der Waals surface area contributed by atoms with Crippen molar-refractivity contribution in [3.05, 3.63) is 95.8 Å². The van der Waals surface area contributed by atoms with Crippen LogP contribution in [0.5, 0.6) is 5.75 Å². The zero-order valence-corrected chi connectivity index (χ0v) is 22.3. The highest BCUT2D eigenvalue weighted by atomic mass is 16.5. The van der Waals surface area contributed by atoms with Crippen LogP contribution < -0.4 is 10.1 Å². The first-order chi connectivity index (χ1) is 19.6. The van der Waals surface area contributed by atoms with E-state index >= 15 is 0 Å². The van der Waals surface area contributed by atoms with Crippen molar-refractivity contribution in [1.82, 2.24) is 20.1 Å². The minimum absolute atomic E-state index is 0.225. The van der Waals surface area contributed by atoms with Gasteiger partial charge in [0.25, 0.3) is 5.91 Å². The van der Waals surface area contributed by atoms with Gasteiger partial charge >= 0.3 is 5.97 Å². The number of amides is 1. The highest BCUT2D eigenvalue weighted by molar-refractivity contribution is 6.04. The number of anilines is 1. The number of nitrogens with one attached hydrogen (secondary N) is 2. The number of carbonyl (C=O) groups is 2. The molecule has 0 bridgehead atoms. The van der Waals surface area contributed by atoms with Crippen LogP contribution in [0, 0.1) is 0 Å². The number of esters is 1. The third-order valence-corrected chi connectivity index (χ3v) is 6.82. The van der Waals surface area contributed by atoms with Gasteiger partial charge in [0.15, 0.2) is 5.82 Å². The first-order valence-electron chi connectivity index (χ1n) is 13.6. The van der Waals surface area contributed by atoms with Crippen molar-refractivity contribution < 1.29 is 19.1 Å². The molecular weight excluding hydrogens is 506 g/mol. The van der Waals surface area contributed by atoms with Crippen molar-refractivity contribution >= 4 is 17.7 Å². The van der Waals surface area contributed by atoms with Gasteiger partial charge in [0.1, 0.15) is 19.0 Å². The van der Waals surface area contributed by atoms with Gasteiger partial charge in [-0.3, -0.25) is 24.6 Å². The van der Waals surface area contributed by atoms with Crippen LogP contribution in [0.2, 0.25) is 0 Å². The lowest BCUT2D eigenvalue weighted by atomic mass is 10.1. The second-order valence-electron chi connectivity index (χ2n) is 9.76. The number of carbonyl (C=O) groups excluding carboxylic acids is 2. The van der Waals surface area contributed by atoms with Crippen molar-refractivity contribution in [2.75, 3.05) is 31.6 Å². The first kappa shape index (κ1) is 27.1. The Morgan fingerprint density at radius 3 is 2.52 bits per heavy atom. The molecule has 0 unspecified atom stereocenters. The monoisotopic (exact) mass is 539 g/mol. The lowest BCUT2D eigenvalue weighted by molar-refractivity contribution is -0.144. The summed E-state index contributed by atoms with van der Waals surface area (Å²) in [6, 6.07) is 20.5. The van der Waals surface area contributed by atoms with Gasteiger partial charge in [0.05, 0.1) is 5.69 Å². The van der Waals surface area contributed by atoms with E-state index in [0.29, 0.717) is 30.8 Å². The van der Waals surface area contributed by atoms with Crippen molar-refractivity contribution in [2.24, 2.45) is 0 Å². The molecular formula is C31H33N5O4. The highest BCUT2D eigenvalue weighted by Gasteiger charge is 2.12. The first-order valence-corrected chi connectivity index (χ1v) is 13.6. The van der Waals surface area contributed by atoms with Gasteiger partial charge in [-0.15, -0.1) is 0 Å². The smallest absolute Gasteiger partial charge is 0.306 e. The number of likely N-dealkylation sites (tertiary alicyclic amines) is 1. The van der Waals surface area contributed by atoms with Crippen LogP contribution in [0.3, 0.4) is 0 Å². The maximum Gasteiger partial charge on any atom is 0.306 e. The number of aromatic nitrogens is 3. The zero-order chi connectivity index (χ0) is 27.6. The van der Waals surface area contributed by atoms with Crippen molar-refractivity contribution in [3.63, 3.8) is 0 Å². The van der Waals surface area contributed by atoms with Crippen LogP contribution in [0.25, 0.3) is 11.3 Å². The molecule has 3 heterocycles. The third kappa shape index (κ3) is 7.77. The number of H-pyrrole nitrogens is 1. The zero-order valence-electron chi connectivity index (χ0n) is 22.3. The van der Waals surface area contributed by atoms with Crippen LogP contribution in [0.4, 0.5) is 5.82 Å². The predicted octanol–water partition coefficient (Wildman–Crippen LogP) is 4.87. The van der Waals surface area contributed by atoms with E-state index in [1.165, 1.54) is 12.8 Å². The third-order valence-electron chi connectivity index (χ3n) is 6.82. The average Bonchev–Trinajstić information content (AvgIpc) is 3.69. The molecule has 5 rings (SSSR count). The normalized spacial score (nSPS) is 13.2. The number of ether oxygens (including phenoxy) is 2. The van der Waals surface area contributed by atoms with Crippen molar-refractivity contribution in [1.29, 1.82) is 0 Å². The van der Waals surface area contributed by atoms with Gasteiger partial charge in [-0.1, -0.05) is 30.3 Å². The summed E-state index contributed by atoms with van der Waals surface area (Å²) in [5.41, 5.74) is 4.12. The van der Waals surface area contributed by atoms with Gasteiger partial charge in [0, 0.05) is 42.6 Å². The molecule has 0 aliphatic carbocycles. The number of nitrogens with zero attached hydrogens (tertiary/aromatic N) is 3. The van der Waals surface area contributed by atoms with E-state index in [2.05, 4.69) is 25.4 Å². The summed E-state index contributed by atoms with van der Waals surface area (Å²) in [4.78, 5) is 31.2. The molecule has 2 aromatic heterocycles. The van der Waals surface area contributed by atoms with E-state index in [-0.39, 0.29) is 18.5 Å². The summed E-state index contributed by atoms with van der Waals surface area (Å²) in [6.07, 6.45) is 6.78. The number of aromatic amines is 1. The molecule has 1 aliphatic heterocycles. The van der Waals surface area contributed by atoms with E-state index in [4.69, 9.17) is 9.47 Å². The number of rotatable bonds is 12. The summed E-state index contributed by atoms with van der Waals surface area (Å²) in [6.45, 7) is 4.09. The molecule has 9 nitrogen and oxygen atoms in total. The lowest BCUT2D eigenvalue weighted by Gasteiger charge is -2.14. The second kappa shape index (κ2) is 13.5. The Morgan fingerprint density at radius 1 is 0.975 bits per heavy atom. The molecule has 0 saturated carbocycles. The maximum atomic E-state index is 12.7. The molecule has 1 saturated heterocycles. The number of benzene rings is 2. The Kier molecular flexibility index (Phi) is 9.16. The lowest BCUT2D eigenvalue weighted by Crippen LogP contribution is -2.25. The molecule has 0 spiro atoms. The molecule has 2 aromatic carbocycles. The highest BCUT2D eigenvalue weighted by Crippen LogP contribution is 2.22. The van der Waals surface area contributed by atoms with E-state index < -0.39 is 0 Å². The minimum Gasteiger partial charge on any atom is -0.492 e. The molecule has 1 amide bonds. The predicted molar refractivity (Wildman–Crippen MR) is 152 cm³/mol. The topological polar surface area (TPSA) is 109 Å². The Hall–Kier alpha value is -4.50. The quantitative estimate of drug-likeness (QED) is 0.247. The molecule has 0 atom stereocenters. The minimum atomic E-state index is -0.249. The fourth-order valence-electron chi connectivity index (χ4n) is 4.54. The summed E-state index contributed by atoms with van der Waals surface area (Å²) < 4.78 is 11.1. The van der Waals surface area contributed by atoms with Gasteiger partial charge in [-0.2, -0.15) is 5.10 Å². The Bertz CT molecular complexity index is 1380. The fraction of sp³-hybridized carbons (Fsp3) is 0.290. The number of hydrogen-bond donors (Lipinski definition) is 2. The van der Waals surface area contributed by atoms with Crippen molar-refractivity contribution in [3.8, 4) is 17.0 Å². The van der Waals surface area contributed by atoms with Crippen LogP contribution in [0.15, 0.2) is 79.1 Å². The van der Waals surface area contributed by atoms with Crippen LogP contribution in [-0.4, -0.2) is 58.2 Å². The van der Waals surface area contributed by atoms with E-state index in [1.807, 2.05) is 48.5 Å². The molecule has 1 fully saturated rings. The van der Waals surface area contributed by atoms with Gasteiger partial charge in [-0.25, -0.2) is 0 Å². The molecule has 9 heteroatoms. The summed E-state index contributed by atoms with van der Waals surface area (Å²) in [5.74, 6) is 0.697. The Balaban J connectivity index is 1.06. The average molecular weight is 540 g/mol. The molecule has 40 heavy (non-hydrogen) atoms. The largest absolute Gasteiger partial charge is 0.492 e. The number of pyridine rings is 1. The molecule has 2 N–H and O–H groups in total. The SMILES string of the molecule is O=C(CCc1ccc(-c2cc(NC(=O)c3ccc(OCCN4CCCC4)cc3)n[nH]2)cc1)OCc1cccnc1. The van der Waals surface area contributed by atoms with Crippen LogP contribution in [-0.2, 0) is 22.6 Å². The number of aryl methyl sites for hydroxylation is 1. The van der Waals surface area contributed by atoms with Gasteiger partial charge in [-0.05, 0) is 73.8 Å². The summed E-state index contributed by atoms with van der Waals surface area (Å²) in [5, 5.41) is 10.0. The molecule has 0 radical (unpaired) electrons. The summed E-state index contributed by atoms with van der Waals surface area (Å²) in [7, 11) is 0. The molecule has 4 aromatic rings. The van der Waals surface area contributed by atoms with Crippen LogP contribution in [0.1, 0.15) is 40.7 Å². The standard InChI is InChI=1S/C31H33N5O4/c37-30(40-22-24-4-3-15-32-21-24)14-7-23-5-8-25(9-6-23)28-20-29(35-34-28)33-31(38)26-10-12-27(13-11-26)39-19-18-36-16-1-2-17-36/h3-6,8-13,15,20-21H,1-2,7,14,16-19,22H2,(H2,33,34,35,38). The Morgan fingerprint density at radius 2 is 1.77 bits per heavy atom. The second-order valence-corrected chi connectivity index (χ2v) is 9.76. The summed E-state index contributed by atoms with van der Waals surface area (Å²) >= 11 is 0. The van der Waals surface area contributed by atoms with E-state index in [1.54, 1.807) is 30.6 Å².